The van der Waals surface area contributed by atoms with E-state index in [1.54, 1.807) is 7.11 Å². The van der Waals surface area contributed by atoms with Crippen molar-refractivity contribution >= 4 is 11.0 Å². The lowest BCUT2D eigenvalue weighted by atomic mass is 10.1. The van der Waals surface area contributed by atoms with E-state index in [1.165, 1.54) is 11.1 Å². The lowest BCUT2D eigenvalue weighted by molar-refractivity contribution is 0.302. The maximum absolute atomic E-state index is 6.00. The molecule has 0 fully saturated rings. The zero-order valence-corrected chi connectivity index (χ0v) is 17.2. The molecule has 3 aromatic carbocycles. The van der Waals surface area contributed by atoms with Crippen LogP contribution in [0.5, 0.6) is 11.5 Å². The first-order valence-corrected chi connectivity index (χ1v) is 9.95. The van der Waals surface area contributed by atoms with Crippen LogP contribution < -0.4 is 9.47 Å². The van der Waals surface area contributed by atoms with Crippen LogP contribution in [-0.4, -0.2) is 23.3 Å². The number of para-hydroxylation sites is 2. The number of imidazole rings is 1. The summed E-state index contributed by atoms with van der Waals surface area (Å²) in [5, 5.41) is 0. The van der Waals surface area contributed by atoms with Crippen LogP contribution in [-0.2, 0) is 6.54 Å². The van der Waals surface area contributed by atoms with Crippen LogP contribution in [0.3, 0.4) is 0 Å². The molecule has 1 heterocycles. The number of hydrogen-bond acceptors (Lipinski definition) is 3. The Morgan fingerprint density at radius 2 is 1.59 bits per heavy atom. The van der Waals surface area contributed by atoms with Gasteiger partial charge in [0.2, 0.25) is 0 Å². The van der Waals surface area contributed by atoms with Gasteiger partial charge < -0.3 is 14.0 Å². The van der Waals surface area contributed by atoms with Crippen molar-refractivity contribution in [1.29, 1.82) is 0 Å². The maximum atomic E-state index is 6.00. The normalized spacial score (nSPS) is 11.0. The summed E-state index contributed by atoms with van der Waals surface area (Å²) in [6.07, 6.45) is 0.899. The fourth-order valence-corrected chi connectivity index (χ4v) is 3.69. The molecule has 0 bridgehead atoms. The molecule has 0 saturated heterocycles. The molecule has 29 heavy (non-hydrogen) atoms. The Labute approximate surface area is 171 Å². The number of aromatic nitrogens is 2. The van der Waals surface area contributed by atoms with Gasteiger partial charge in [0.25, 0.3) is 0 Å². The molecule has 0 aliphatic heterocycles. The molecule has 0 unspecified atom stereocenters. The summed E-state index contributed by atoms with van der Waals surface area (Å²) in [6.45, 7) is 5.70. The van der Waals surface area contributed by atoms with E-state index in [4.69, 9.17) is 14.5 Å². The average molecular weight is 386 g/mol. The van der Waals surface area contributed by atoms with Crippen molar-refractivity contribution in [1.82, 2.24) is 9.55 Å². The number of rotatable bonds is 7. The highest BCUT2D eigenvalue weighted by Gasteiger charge is 2.12. The van der Waals surface area contributed by atoms with Crippen LogP contribution in [0, 0.1) is 13.8 Å². The topological polar surface area (TPSA) is 36.3 Å². The molecule has 0 aliphatic rings. The van der Waals surface area contributed by atoms with Gasteiger partial charge in [-0.3, -0.25) is 0 Å². The van der Waals surface area contributed by atoms with Crippen molar-refractivity contribution in [3.63, 3.8) is 0 Å². The highest BCUT2D eigenvalue weighted by atomic mass is 16.5. The van der Waals surface area contributed by atoms with Crippen LogP contribution in [0.15, 0.2) is 66.7 Å². The van der Waals surface area contributed by atoms with Crippen LogP contribution in [0.4, 0.5) is 0 Å². The van der Waals surface area contributed by atoms with Crippen LogP contribution >= 0.6 is 0 Å². The molecule has 4 aromatic rings. The number of ether oxygens (including phenoxy) is 2. The minimum absolute atomic E-state index is 0.664. The summed E-state index contributed by atoms with van der Waals surface area (Å²) in [6, 6.07) is 22.7. The Bertz CT molecular complexity index is 1090. The lowest BCUT2D eigenvalue weighted by Crippen LogP contribution is -2.06. The largest absolute Gasteiger partial charge is 0.497 e. The molecule has 0 saturated carbocycles. The molecule has 148 valence electrons. The zero-order valence-electron chi connectivity index (χ0n) is 17.2. The molecule has 4 heteroatoms. The van der Waals surface area contributed by atoms with Crippen molar-refractivity contribution in [3.05, 3.63) is 77.9 Å². The number of hydrogen-bond donors (Lipinski definition) is 0. The standard InChI is InChI=1S/C25H26N2O2/c1-18-15-19(2)17-22(16-18)29-14-6-13-27-24-8-5-4-7-23(24)26-25(27)20-9-11-21(28-3)12-10-20/h4-5,7-12,15-17H,6,13-14H2,1-3H3. The number of aryl methyl sites for hydroxylation is 3. The van der Waals surface area contributed by atoms with E-state index in [0.29, 0.717) is 6.61 Å². The second-order valence-electron chi connectivity index (χ2n) is 7.33. The molecule has 4 nitrogen and oxygen atoms in total. The highest BCUT2D eigenvalue weighted by Crippen LogP contribution is 2.27. The lowest BCUT2D eigenvalue weighted by Gasteiger charge is -2.12. The molecule has 0 radical (unpaired) electrons. The summed E-state index contributed by atoms with van der Waals surface area (Å²) in [7, 11) is 1.68. The predicted molar refractivity (Wildman–Crippen MR) is 118 cm³/mol. The Morgan fingerprint density at radius 1 is 0.862 bits per heavy atom. The predicted octanol–water partition coefficient (Wildman–Crippen LogP) is 5.80. The van der Waals surface area contributed by atoms with Gasteiger partial charge in [-0.15, -0.1) is 0 Å². The fourth-order valence-electron chi connectivity index (χ4n) is 3.69. The molecular formula is C25H26N2O2. The van der Waals surface area contributed by atoms with Gasteiger partial charge in [-0.05, 0) is 79.9 Å². The second kappa shape index (κ2) is 8.39. The fraction of sp³-hybridized carbons (Fsp3) is 0.240. The third-order valence-corrected chi connectivity index (χ3v) is 4.99. The first-order chi connectivity index (χ1) is 14.1. The Balaban J connectivity index is 1.54. The minimum atomic E-state index is 0.664. The summed E-state index contributed by atoms with van der Waals surface area (Å²) in [5.74, 6) is 2.76. The molecule has 0 aliphatic carbocycles. The Kier molecular flexibility index (Phi) is 5.52. The SMILES string of the molecule is COc1ccc(-c2nc3ccccc3n2CCCOc2cc(C)cc(C)c2)cc1. The van der Waals surface area contributed by atoms with Crippen molar-refractivity contribution in [2.75, 3.05) is 13.7 Å². The second-order valence-corrected chi connectivity index (χ2v) is 7.33. The zero-order chi connectivity index (χ0) is 20.2. The van der Waals surface area contributed by atoms with Crippen molar-refractivity contribution < 1.29 is 9.47 Å². The molecule has 0 amide bonds. The quantitative estimate of drug-likeness (QED) is 0.377. The summed E-state index contributed by atoms with van der Waals surface area (Å²) >= 11 is 0. The van der Waals surface area contributed by atoms with Crippen LogP contribution in [0.25, 0.3) is 22.4 Å². The van der Waals surface area contributed by atoms with E-state index < -0.39 is 0 Å². The summed E-state index contributed by atoms with van der Waals surface area (Å²) < 4.78 is 13.6. The monoisotopic (exact) mass is 386 g/mol. The number of benzene rings is 3. The van der Waals surface area contributed by atoms with Gasteiger partial charge >= 0.3 is 0 Å². The van der Waals surface area contributed by atoms with E-state index >= 15 is 0 Å². The number of methoxy groups -OCH3 is 1. The van der Waals surface area contributed by atoms with E-state index in [1.807, 2.05) is 18.2 Å². The average Bonchev–Trinajstić information content (AvgIpc) is 3.09. The van der Waals surface area contributed by atoms with Gasteiger partial charge in [-0.2, -0.15) is 0 Å². The van der Waals surface area contributed by atoms with E-state index in [-0.39, 0.29) is 0 Å². The molecule has 0 atom stereocenters. The molecule has 4 rings (SSSR count). The summed E-state index contributed by atoms with van der Waals surface area (Å²) in [5.41, 5.74) is 5.68. The van der Waals surface area contributed by atoms with Crippen molar-refractivity contribution in [2.24, 2.45) is 0 Å². The van der Waals surface area contributed by atoms with Crippen molar-refractivity contribution in [2.45, 2.75) is 26.8 Å². The third-order valence-electron chi connectivity index (χ3n) is 4.99. The van der Waals surface area contributed by atoms with Crippen LogP contribution in [0.2, 0.25) is 0 Å². The highest BCUT2D eigenvalue weighted by molar-refractivity contribution is 5.80. The van der Waals surface area contributed by atoms with E-state index in [0.717, 1.165) is 46.9 Å². The Morgan fingerprint density at radius 3 is 2.31 bits per heavy atom. The molecule has 1 aromatic heterocycles. The van der Waals surface area contributed by atoms with E-state index in [9.17, 15) is 0 Å². The Hall–Kier alpha value is -3.27. The van der Waals surface area contributed by atoms with Crippen molar-refractivity contribution in [3.8, 4) is 22.9 Å². The van der Waals surface area contributed by atoms with Gasteiger partial charge in [-0.1, -0.05) is 18.2 Å². The van der Waals surface area contributed by atoms with Gasteiger partial charge in [0.05, 0.1) is 24.8 Å². The van der Waals surface area contributed by atoms with Gasteiger partial charge in [0.1, 0.15) is 17.3 Å². The third kappa shape index (κ3) is 4.27. The number of fused-ring (bicyclic) bond motifs is 1. The number of nitrogens with zero attached hydrogens (tertiary/aromatic N) is 2. The molecule has 0 N–H and O–H groups in total. The minimum Gasteiger partial charge on any atom is -0.497 e. The van der Waals surface area contributed by atoms with Crippen LogP contribution in [0.1, 0.15) is 17.5 Å². The molecule has 0 spiro atoms. The first-order valence-electron chi connectivity index (χ1n) is 9.95. The van der Waals surface area contributed by atoms with Gasteiger partial charge in [0, 0.05) is 12.1 Å². The van der Waals surface area contributed by atoms with Gasteiger partial charge in [0.15, 0.2) is 0 Å². The summed E-state index contributed by atoms with van der Waals surface area (Å²) in [4.78, 5) is 4.88. The smallest absolute Gasteiger partial charge is 0.141 e. The first kappa shape index (κ1) is 19.1. The van der Waals surface area contributed by atoms with E-state index in [2.05, 4.69) is 66.9 Å². The maximum Gasteiger partial charge on any atom is 0.141 e. The molecular weight excluding hydrogens is 360 g/mol. The van der Waals surface area contributed by atoms with Gasteiger partial charge in [-0.25, -0.2) is 4.98 Å².